The van der Waals surface area contributed by atoms with E-state index in [1.54, 1.807) is 6.26 Å². The molecule has 4 nitrogen and oxygen atoms in total. The van der Waals surface area contributed by atoms with E-state index in [1.807, 2.05) is 19.1 Å². The summed E-state index contributed by atoms with van der Waals surface area (Å²) in [6, 6.07) is 3.67. The monoisotopic (exact) mass is 199 g/mol. The number of hydrogen-bond acceptors (Lipinski definition) is 4. The minimum atomic E-state index is -0.250. The molecule has 1 heterocycles. The average Bonchev–Trinajstić information content (AvgIpc) is 2.66. The number of aliphatic hydroxyl groups excluding tert-OH is 2. The van der Waals surface area contributed by atoms with Crippen LogP contribution in [0.3, 0.4) is 0 Å². The first-order valence-corrected chi connectivity index (χ1v) is 4.76. The van der Waals surface area contributed by atoms with Gasteiger partial charge in [-0.2, -0.15) is 0 Å². The van der Waals surface area contributed by atoms with Crippen molar-refractivity contribution < 1.29 is 14.6 Å². The van der Waals surface area contributed by atoms with Crippen LogP contribution in [-0.4, -0.2) is 35.5 Å². The molecule has 14 heavy (non-hydrogen) atoms. The third-order valence-electron chi connectivity index (χ3n) is 2.05. The van der Waals surface area contributed by atoms with Crippen LogP contribution in [0.25, 0.3) is 0 Å². The van der Waals surface area contributed by atoms with Crippen LogP contribution in [0.2, 0.25) is 0 Å². The van der Waals surface area contributed by atoms with Crippen molar-refractivity contribution in [3.05, 3.63) is 24.2 Å². The highest BCUT2D eigenvalue weighted by molar-refractivity contribution is 5.00. The van der Waals surface area contributed by atoms with E-state index >= 15 is 0 Å². The Bertz CT molecular complexity index is 232. The number of aliphatic hydroxyl groups is 2. The topological polar surface area (TPSA) is 65.6 Å². The van der Waals surface area contributed by atoms with Gasteiger partial charge < -0.3 is 19.9 Å². The predicted molar refractivity (Wildman–Crippen MR) is 53.0 cm³/mol. The molecule has 0 aliphatic rings. The number of rotatable bonds is 6. The van der Waals surface area contributed by atoms with Crippen molar-refractivity contribution in [1.29, 1.82) is 0 Å². The Morgan fingerprint density at radius 2 is 2.14 bits per heavy atom. The van der Waals surface area contributed by atoms with E-state index in [2.05, 4.69) is 5.32 Å². The van der Waals surface area contributed by atoms with Gasteiger partial charge in [-0.3, -0.25) is 0 Å². The minimum Gasteiger partial charge on any atom is -0.469 e. The van der Waals surface area contributed by atoms with E-state index in [1.165, 1.54) is 0 Å². The van der Waals surface area contributed by atoms with Gasteiger partial charge in [-0.15, -0.1) is 0 Å². The molecule has 0 saturated carbocycles. The Morgan fingerprint density at radius 3 is 2.64 bits per heavy atom. The molecule has 1 unspecified atom stereocenters. The van der Waals surface area contributed by atoms with Gasteiger partial charge in [-0.25, -0.2) is 0 Å². The first kappa shape index (κ1) is 11.2. The Kier molecular flexibility index (Phi) is 4.65. The zero-order valence-corrected chi connectivity index (χ0v) is 8.31. The molecule has 80 valence electrons. The molecule has 0 spiro atoms. The first-order valence-electron chi connectivity index (χ1n) is 4.76. The molecule has 0 aromatic carbocycles. The lowest BCUT2D eigenvalue weighted by molar-refractivity contribution is 0.162. The van der Waals surface area contributed by atoms with Crippen LogP contribution in [-0.2, 0) is 6.42 Å². The van der Waals surface area contributed by atoms with Crippen LogP contribution in [0.15, 0.2) is 22.8 Å². The van der Waals surface area contributed by atoms with Gasteiger partial charge >= 0.3 is 0 Å². The number of nitrogens with one attached hydrogen (secondary N) is 1. The summed E-state index contributed by atoms with van der Waals surface area (Å²) in [4.78, 5) is 0. The fraction of sp³-hybridized carbons (Fsp3) is 0.600. The smallest absolute Gasteiger partial charge is 0.105 e. The summed E-state index contributed by atoms with van der Waals surface area (Å²) in [6.07, 6.45) is 2.39. The zero-order chi connectivity index (χ0) is 10.4. The molecule has 0 fully saturated rings. The van der Waals surface area contributed by atoms with Crippen LogP contribution >= 0.6 is 0 Å². The van der Waals surface area contributed by atoms with Crippen LogP contribution in [0.5, 0.6) is 0 Å². The van der Waals surface area contributed by atoms with Gasteiger partial charge in [0.1, 0.15) is 5.76 Å². The lowest BCUT2D eigenvalue weighted by Gasteiger charge is -2.18. The van der Waals surface area contributed by atoms with Gasteiger partial charge in [0.2, 0.25) is 0 Å². The highest BCUT2D eigenvalue weighted by Gasteiger charge is 2.11. The molecule has 0 aliphatic heterocycles. The maximum Gasteiger partial charge on any atom is 0.105 e. The Hall–Kier alpha value is -0.840. The molecule has 1 aromatic rings. The second-order valence-electron chi connectivity index (χ2n) is 3.41. The van der Waals surface area contributed by atoms with E-state index in [0.717, 1.165) is 12.2 Å². The maximum absolute atomic E-state index is 8.86. The summed E-state index contributed by atoms with van der Waals surface area (Å²) < 4.78 is 5.19. The van der Waals surface area contributed by atoms with Crippen LogP contribution in [0.1, 0.15) is 12.7 Å². The third-order valence-corrected chi connectivity index (χ3v) is 2.05. The second kappa shape index (κ2) is 5.80. The van der Waals surface area contributed by atoms with Crippen LogP contribution in [0, 0.1) is 0 Å². The Labute approximate surface area is 83.6 Å². The first-order chi connectivity index (χ1) is 6.76. The van der Waals surface area contributed by atoms with Gasteiger partial charge in [0, 0.05) is 12.5 Å². The third kappa shape index (κ3) is 3.49. The molecule has 1 aromatic heterocycles. The minimum absolute atomic E-state index is 0.0566. The van der Waals surface area contributed by atoms with Crippen molar-refractivity contribution in [2.45, 2.75) is 25.4 Å². The van der Waals surface area contributed by atoms with Crippen molar-refractivity contribution in [3.8, 4) is 0 Å². The van der Waals surface area contributed by atoms with E-state index in [0.29, 0.717) is 0 Å². The van der Waals surface area contributed by atoms with Crippen LogP contribution in [0.4, 0.5) is 0 Å². The standard InChI is InChI=1S/C10H17NO3/c1-8(11-9(6-12)7-13)5-10-3-2-4-14-10/h2-4,8-9,11-13H,5-7H2,1H3. The van der Waals surface area contributed by atoms with E-state index < -0.39 is 0 Å². The zero-order valence-electron chi connectivity index (χ0n) is 8.31. The van der Waals surface area contributed by atoms with Gasteiger partial charge in [0.05, 0.1) is 25.5 Å². The molecule has 0 aliphatic carbocycles. The van der Waals surface area contributed by atoms with Crippen molar-refractivity contribution in [2.75, 3.05) is 13.2 Å². The average molecular weight is 199 g/mol. The summed E-state index contributed by atoms with van der Waals surface area (Å²) in [7, 11) is 0. The van der Waals surface area contributed by atoms with Crippen molar-refractivity contribution in [3.63, 3.8) is 0 Å². The van der Waals surface area contributed by atoms with E-state index in [9.17, 15) is 0 Å². The van der Waals surface area contributed by atoms with Crippen LogP contribution < -0.4 is 5.32 Å². The summed E-state index contributed by atoms with van der Waals surface area (Å²) >= 11 is 0. The lowest BCUT2D eigenvalue weighted by atomic mass is 10.1. The highest BCUT2D eigenvalue weighted by Crippen LogP contribution is 2.04. The van der Waals surface area contributed by atoms with Crippen molar-refractivity contribution >= 4 is 0 Å². The molecule has 0 saturated heterocycles. The van der Waals surface area contributed by atoms with Gasteiger partial charge in [0.25, 0.3) is 0 Å². The molecule has 0 amide bonds. The number of hydrogen-bond donors (Lipinski definition) is 3. The predicted octanol–water partition coefficient (Wildman–Crippen LogP) is 0.153. The molecule has 0 radical (unpaired) electrons. The SMILES string of the molecule is CC(Cc1ccco1)NC(CO)CO. The summed E-state index contributed by atoms with van der Waals surface area (Å²) in [5.41, 5.74) is 0. The van der Waals surface area contributed by atoms with E-state index in [-0.39, 0.29) is 25.3 Å². The quantitative estimate of drug-likeness (QED) is 0.610. The molecule has 0 bridgehead atoms. The molecular formula is C10H17NO3. The largest absolute Gasteiger partial charge is 0.469 e. The maximum atomic E-state index is 8.86. The normalized spacial score (nSPS) is 13.4. The fourth-order valence-corrected chi connectivity index (χ4v) is 1.35. The van der Waals surface area contributed by atoms with Crippen molar-refractivity contribution in [1.82, 2.24) is 5.32 Å². The summed E-state index contributed by atoms with van der Waals surface area (Å²) in [6.45, 7) is 1.87. The highest BCUT2D eigenvalue weighted by atomic mass is 16.3. The molecule has 1 atom stereocenters. The second-order valence-corrected chi connectivity index (χ2v) is 3.41. The molecule has 3 N–H and O–H groups in total. The summed E-state index contributed by atoms with van der Waals surface area (Å²) in [5, 5.41) is 20.8. The Morgan fingerprint density at radius 1 is 1.43 bits per heavy atom. The number of furan rings is 1. The molecule has 4 heteroatoms. The Balaban J connectivity index is 2.31. The lowest BCUT2D eigenvalue weighted by Crippen LogP contribution is -2.42. The fourth-order valence-electron chi connectivity index (χ4n) is 1.35. The van der Waals surface area contributed by atoms with Gasteiger partial charge in [-0.1, -0.05) is 0 Å². The van der Waals surface area contributed by atoms with Crippen molar-refractivity contribution in [2.24, 2.45) is 0 Å². The summed E-state index contributed by atoms with van der Waals surface area (Å²) in [5.74, 6) is 0.902. The molecular weight excluding hydrogens is 182 g/mol. The van der Waals surface area contributed by atoms with Gasteiger partial charge in [0.15, 0.2) is 0 Å². The van der Waals surface area contributed by atoms with E-state index in [4.69, 9.17) is 14.6 Å². The van der Waals surface area contributed by atoms with Gasteiger partial charge in [-0.05, 0) is 19.1 Å². The molecule has 1 rings (SSSR count).